The highest BCUT2D eigenvalue weighted by atomic mass is 35.5. The van der Waals surface area contributed by atoms with E-state index in [0.717, 1.165) is 0 Å². The zero-order valence-corrected chi connectivity index (χ0v) is 13.5. The lowest BCUT2D eigenvalue weighted by Gasteiger charge is -2.03. The van der Waals surface area contributed by atoms with Crippen LogP contribution in [0.15, 0.2) is 42.5 Å². The van der Waals surface area contributed by atoms with Crippen LogP contribution in [0.1, 0.15) is 11.1 Å². The van der Waals surface area contributed by atoms with Crippen LogP contribution in [-0.4, -0.2) is 10.8 Å². The van der Waals surface area contributed by atoms with Crippen LogP contribution in [0, 0.1) is 21.4 Å². The Labute approximate surface area is 147 Å². The molecule has 2 rings (SSSR count). The topological polar surface area (TPSA) is 96.0 Å². The lowest BCUT2D eigenvalue weighted by atomic mass is 10.2. The van der Waals surface area contributed by atoms with Crippen LogP contribution >= 0.6 is 23.2 Å². The molecule has 2 aromatic rings. The van der Waals surface area contributed by atoms with Crippen molar-refractivity contribution in [2.75, 3.05) is 5.32 Å². The first-order chi connectivity index (χ1) is 11.4. The summed E-state index contributed by atoms with van der Waals surface area (Å²) in [6.45, 7) is 0. The number of hydrogen-bond donors (Lipinski definition) is 1. The Bertz CT molecular complexity index is 889. The SMILES string of the molecule is N#Cc1ccc(NC(=O)/C=C/c2ccc(Cl)c([N+](=O)[O-])c2)cc1Cl. The molecule has 0 spiro atoms. The summed E-state index contributed by atoms with van der Waals surface area (Å²) in [5.74, 6) is -0.451. The van der Waals surface area contributed by atoms with Crippen LogP contribution in [0.2, 0.25) is 10.0 Å². The molecule has 1 N–H and O–H groups in total. The van der Waals surface area contributed by atoms with Crippen molar-refractivity contribution in [2.45, 2.75) is 0 Å². The Kier molecular flexibility index (Phi) is 5.53. The maximum absolute atomic E-state index is 11.9. The first kappa shape index (κ1) is 17.5. The van der Waals surface area contributed by atoms with Crippen molar-refractivity contribution in [1.82, 2.24) is 0 Å². The number of nitrogens with zero attached hydrogens (tertiary/aromatic N) is 2. The van der Waals surface area contributed by atoms with E-state index >= 15 is 0 Å². The molecule has 0 aliphatic rings. The van der Waals surface area contributed by atoms with Crippen LogP contribution < -0.4 is 5.32 Å². The van der Waals surface area contributed by atoms with E-state index in [1.165, 1.54) is 36.4 Å². The second-order valence-electron chi connectivity index (χ2n) is 4.60. The van der Waals surface area contributed by atoms with Gasteiger partial charge in [0.1, 0.15) is 11.1 Å². The number of nitriles is 1. The molecular weight excluding hydrogens is 353 g/mol. The number of carbonyl (C=O) groups is 1. The number of nitrogens with one attached hydrogen (secondary N) is 1. The van der Waals surface area contributed by atoms with E-state index in [-0.39, 0.29) is 15.7 Å². The standard InChI is InChI=1S/C16H9Cl2N3O3/c17-13-5-1-10(7-15(13)21(23)24)2-6-16(22)20-12-4-3-11(9-19)14(18)8-12/h1-8H,(H,20,22)/b6-2+. The molecule has 0 saturated carbocycles. The smallest absolute Gasteiger partial charge is 0.288 e. The van der Waals surface area contributed by atoms with Gasteiger partial charge in [0.25, 0.3) is 5.69 Å². The minimum atomic E-state index is -0.599. The number of benzene rings is 2. The van der Waals surface area contributed by atoms with Gasteiger partial charge in [0.2, 0.25) is 5.91 Å². The summed E-state index contributed by atoms with van der Waals surface area (Å²) in [7, 11) is 0. The summed E-state index contributed by atoms with van der Waals surface area (Å²) in [6.07, 6.45) is 2.64. The van der Waals surface area contributed by atoms with Crippen molar-refractivity contribution >= 4 is 46.6 Å². The first-order valence-corrected chi connectivity index (χ1v) is 7.29. The average Bonchev–Trinajstić information content (AvgIpc) is 2.54. The Morgan fingerprint density at radius 1 is 1.21 bits per heavy atom. The second kappa shape index (κ2) is 7.59. The maximum Gasteiger partial charge on any atom is 0.288 e. The van der Waals surface area contributed by atoms with Crippen LogP contribution in [0.25, 0.3) is 6.08 Å². The van der Waals surface area contributed by atoms with Crippen molar-refractivity contribution < 1.29 is 9.72 Å². The monoisotopic (exact) mass is 361 g/mol. The number of nitro benzene ring substituents is 1. The highest BCUT2D eigenvalue weighted by Crippen LogP contribution is 2.25. The molecule has 0 aromatic heterocycles. The molecule has 6 nitrogen and oxygen atoms in total. The van der Waals surface area contributed by atoms with Gasteiger partial charge in [-0.3, -0.25) is 14.9 Å². The molecule has 0 atom stereocenters. The van der Waals surface area contributed by atoms with E-state index in [1.54, 1.807) is 12.1 Å². The van der Waals surface area contributed by atoms with Crippen molar-refractivity contribution in [3.63, 3.8) is 0 Å². The molecule has 0 bridgehead atoms. The fourth-order valence-corrected chi connectivity index (χ4v) is 2.22. The third-order valence-electron chi connectivity index (χ3n) is 2.95. The summed E-state index contributed by atoms with van der Waals surface area (Å²) < 4.78 is 0. The molecule has 2 aromatic carbocycles. The Balaban J connectivity index is 2.11. The van der Waals surface area contributed by atoms with E-state index in [9.17, 15) is 14.9 Å². The van der Waals surface area contributed by atoms with Gasteiger partial charge in [-0.25, -0.2) is 0 Å². The van der Waals surface area contributed by atoms with Crippen LogP contribution in [-0.2, 0) is 4.79 Å². The summed E-state index contributed by atoms with van der Waals surface area (Å²) in [6, 6.07) is 10.6. The van der Waals surface area contributed by atoms with E-state index in [1.807, 2.05) is 6.07 Å². The number of hydrogen-bond acceptors (Lipinski definition) is 4. The first-order valence-electron chi connectivity index (χ1n) is 6.53. The number of nitro groups is 1. The molecule has 1 amide bonds. The molecular formula is C16H9Cl2N3O3. The Hall–Kier alpha value is -2.88. The number of rotatable bonds is 4. The minimum absolute atomic E-state index is 0.0221. The highest BCUT2D eigenvalue weighted by Gasteiger charge is 2.11. The van der Waals surface area contributed by atoms with Gasteiger partial charge in [-0.15, -0.1) is 0 Å². The predicted octanol–water partition coefficient (Wildman–Crippen LogP) is 4.43. The third-order valence-corrected chi connectivity index (χ3v) is 3.58. The zero-order chi connectivity index (χ0) is 17.7. The van der Waals surface area contributed by atoms with Crippen molar-refractivity contribution in [3.05, 3.63) is 73.8 Å². The molecule has 0 aliphatic heterocycles. The lowest BCUT2D eigenvalue weighted by molar-refractivity contribution is -0.384. The van der Waals surface area contributed by atoms with E-state index < -0.39 is 10.8 Å². The fourth-order valence-electron chi connectivity index (χ4n) is 1.81. The lowest BCUT2D eigenvalue weighted by Crippen LogP contribution is -2.07. The van der Waals surface area contributed by atoms with Crippen molar-refractivity contribution in [1.29, 1.82) is 5.26 Å². The average molecular weight is 362 g/mol. The van der Waals surface area contributed by atoms with Crippen molar-refractivity contribution in [3.8, 4) is 6.07 Å². The molecule has 0 aliphatic carbocycles. The highest BCUT2D eigenvalue weighted by molar-refractivity contribution is 6.32. The molecule has 0 heterocycles. The van der Waals surface area contributed by atoms with Crippen LogP contribution in [0.4, 0.5) is 11.4 Å². The summed E-state index contributed by atoms with van der Waals surface area (Å²) >= 11 is 11.6. The Morgan fingerprint density at radius 3 is 2.58 bits per heavy atom. The van der Waals surface area contributed by atoms with Gasteiger partial charge in [-0.2, -0.15) is 5.26 Å². The molecule has 0 radical (unpaired) electrons. The van der Waals surface area contributed by atoms with Gasteiger partial charge in [-0.05, 0) is 35.9 Å². The molecule has 0 saturated heterocycles. The molecule has 120 valence electrons. The van der Waals surface area contributed by atoms with Gasteiger partial charge < -0.3 is 5.32 Å². The zero-order valence-electron chi connectivity index (χ0n) is 12.0. The molecule has 0 fully saturated rings. The quantitative estimate of drug-likeness (QED) is 0.494. The number of anilines is 1. The van der Waals surface area contributed by atoms with Gasteiger partial charge in [0.05, 0.1) is 15.5 Å². The minimum Gasteiger partial charge on any atom is -0.322 e. The number of carbonyl (C=O) groups excluding carboxylic acids is 1. The van der Waals surface area contributed by atoms with Gasteiger partial charge >= 0.3 is 0 Å². The summed E-state index contributed by atoms with van der Waals surface area (Å²) in [5.41, 5.74) is 0.951. The van der Waals surface area contributed by atoms with Crippen LogP contribution in [0.3, 0.4) is 0 Å². The largest absolute Gasteiger partial charge is 0.322 e. The summed E-state index contributed by atoms with van der Waals surface area (Å²) in [5, 5.41) is 22.4. The normalized spacial score (nSPS) is 10.4. The predicted molar refractivity (Wildman–Crippen MR) is 91.9 cm³/mol. The molecule has 24 heavy (non-hydrogen) atoms. The van der Waals surface area contributed by atoms with Crippen LogP contribution in [0.5, 0.6) is 0 Å². The van der Waals surface area contributed by atoms with Gasteiger partial charge in [0.15, 0.2) is 0 Å². The van der Waals surface area contributed by atoms with E-state index in [4.69, 9.17) is 28.5 Å². The molecule has 0 unspecified atom stereocenters. The van der Waals surface area contributed by atoms with E-state index in [2.05, 4.69) is 5.32 Å². The number of amides is 1. The maximum atomic E-state index is 11.9. The van der Waals surface area contributed by atoms with Gasteiger partial charge in [-0.1, -0.05) is 29.3 Å². The number of halogens is 2. The van der Waals surface area contributed by atoms with E-state index in [0.29, 0.717) is 16.8 Å². The third kappa shape index (κ3) is 4.32. The molecule has 8 heteroatoms. The Morgan fingerprint density at radius 2 is 1.96 bits per heavy atom. The second-order valence-corrected chi connectivity index (χ2v) is 5.41. The fraction of sp³-hybridized carbons (Fsp3) is 0. The van der Waals surface area contributed by atoms with Crippen molar-refractivity contribution in [2.24, 2.45) is 0 Å². The summed E-state index contributed by atoms with van der Waals surface area (Å²) in [4.78, 5) is 22.1. The van der Waals surface area contributed by atoms with Gasteiger partial charge in [0, 0.05) is 17.8 Å².